The minimum Gasteiger partial charge on any atom is -0.320 e. The molecule has 3 amide bonds. The van der Waals surface area contributed by atoms with Gasteiger partial charge in [0.05, 0.1) is 5.69 Å². The Morgan fingerprint density at radius 1 is 1.31 bits per heavy atom. The van der Waals surface area contributed by atoms with Crippen molar-refractivity contribution in [3.05, 3.63) is 40.7 Å². The average Bonchev–Trinajstić information content (AvgIpc) is 2.94. The maximum absolute atomic E-state index is 12.7. The Balaban J connectivity index is 1.97. The summed E-state index contributed by atoms with van der Waals surface area (Å²) in [5.74, 6) is -0.520. The molecule has 1 aliphatic heterocycles. The maximum Gasteiger partial charge on any atom is 0.322 e. The SMILES string of the molecule is Cc1nn(C)c(Cl)c1S(=O)(=O)Nc1cccc([C@]2(C)NC(=O)NC2=O)c1. The van der Waals surface area contributed by atoms with Gasteiger partial charge >= 0.3 is 6.03 Å². The highest BCUT2D eigenvalue weighted by atomic mass is 35.5. The van der Waals surface area contributed by atoms with Crippen molar-refractivity contribution in [2.45, 2.75) is 24.3 Å². The molecule has 2 heterocycles. The average molecular weight is 398 g/mol. The van der Waals surface area contributed by atoms with Crippen LogP contribution in [0.15, 0.2) is 29.2 Å². The molecule has 3 rings (SSSR count). The van der Waals surface area contributed by atoms with Gasteiger partial charge in [0.25, 0.3) is 15.9 Å². The molecule has 2 aromatic rings. The lowest BCUT2D eigenvalue weighted by Crippen LogP contribution is -2.40. The standard InChI is InChI=1S/C15H16ClN5O4S/c1-8-11(12(16)21(3)19-8)26(24,25)20-10-6-4-5-9(7-10)15(2)13(22)17-14(23)18-15/h4-7,20H,1-3H3,(H2,17,18,22,23)/t15-/m0/s1. The molecule has 26 heavy (non-hydrogen) atoms. The second-order valence-electron chi connectivity index (χ2n) is 6.05. The quantitative estimate of drug-likeness (QED) is 0.670. The first-order valence-electron chi connectivity index (χ1n) is 7.50. The summed E-state index contributed by atoms with van der Waals surface area (Å²) in [7, 11) is -2.45. The van der Waals surface area contributed by atoms with Gasteiger partial charge in [-0.25, -0.2) is 13.2 Å². The van der Waals surface area contributed by atoms with Crippen molar-refractivity contribution < 1.29 is 18.0 Å². The second kappa shape index (κ2) is 5.99. The zero-order chi connectivity index (χ0) is 19.3. The molecule has 3 N–H and O–H groups in total. The van der Waals surface area contributed by atoms with Crippen molar-refractivity contribution in [3.63, 3.8) is 0 Å². The van der Waals surface area contributed by atoms with Gasteiger partial charge < -0.3 is 5.32 Å². The Labute approximate surface area is 154 Å². The van der Waals surface area contributed by atoms with Crippen molar-refractivity contribution in [2.24, 2.45) is 7.05 Å². The number of nitrogens with zero attached hydrogens (tertiary/aromatic N) is 2. The molecule has 0 bridgehead atoms. The Morgan fingerprint density at radius 3 is 2.54 bits per heavy atom. The number of benzene rings is 1. The zero-order valence-corrected chi connectivity index (χ0v) is 15.7. The number of anilines is 1. The number of nitrogens with one attached hydrogen (secondary N) is 3. The number of halogens is 1. The number of carbonyl (C=O) groups excluding carboxylic acids is 2. The van der Waals surface area contributed by atoms with Gasteiger partial charge in [-0.3, -0.25) is 19.5 Å². The molecule has 138 valence electrons. The van der Waals surface area contributed by atoms with Crippen LogP contribution in [0.2, 0.25) is 5.15 Å². The summed E-state index contributed by atoms with van der Waals surface area (Å²) < 4.78 is 29.1. The second-order valence-corrected chi connectivity index (χ2v) is 8.03. The van der Waals surface area contributed by atoms with Gasteiger partial charge in [0.15, 0.2) is 0 Å². The van der Waals surface area contributed by atoms with E-state index in [2.05, 4.69) is 20.5 Å². The van der Waals surface area contributed by atoms with E-state index in [1.54, 1.807) is 12.1 Å². The van der Waals surface area contributed by atoms with Gasteiger partial charge in [-0.15, -0.1) is 0 Å². The highest BCUT2D eigenvalue weighted by Gasteiger charge is 2.43. The van der Waals surface area contributed by atoms with E-state index < -0.39 is 27.5 Å². The first-order valence-corrected chi connectivity index (χ1v) is 9.37. The number of sulfonamides is 1. The van der Waals surface area contributed by atoms with Crippen LogP contribution in [-0.4, -0.2) is 30.1 Å². The number of amides is 3. The summed E-state index contributed by atoms with van der Waals surface area (Å²) in [6.45, 7) is 3.07. The van der Waals surface area contributed by atoms with Crippen LogP contribution in [0.3, 0.4) is 0 Å². The lowest BCUT2D eigenvalue weighted by Gasteiger charge is -2.21. The number of urea groups is 1. The summed E-state index contributed by atoms with van der Waals surface area (Å²) in [5.41, 5.74) is -0.386. The Hall–Kier alpha value is -2.59. The summed E-state index contributed by atoms with van der Waals surface area (Å²) in [6, 6.07) is 5.58. The van der Waals surface area contributed by atoms with Gasteiger partial charge in [-0.2, -0.15) is 5.10 Å². The van der Waals surface area contributed by atoms with E-state index in [-0.39, 0.29) is 21.4 Å². The van der Waals surface area contributed by atoms with Crippen LogP contribution in [0, 0.1) is 6.92 Å². The van der Waals surface area contributed by atoms with Crippen LogP contribution in [0.5, 0.6) is 0 Å². The van der Waals surface area contributed by atoms with E-state index in [9.17, 15) is 18.0 Å². The highest BCUT2D eigenvalue weighted by Crippen LogP contribution is 2.29. The summed E-state index contributed by atoms with van der Waals surface area (Å²) >= 11 is 6.04. The van der Waals surface area contributed by atoms with Crippen LogP contribution in [0.25, 0.3) is 0 Å². The van der Waals surface area contributed by atoms with E-state index >= 15 is 0 Å². The van der Waals surface area contributed by atoms with Crippen LogP contribution in [-0.2, 0) is 27.4 Å². The smallest absolute Gasteiger partial charge is 0.320 e. The Morgan fingerprint density at radius 2 is 2.00 bits per heavy atom. The molecular weight excluding hydrogens is 382 g/mol. The lowest BCUT2D eigenvalue weighted by atomic mass is 9.92. The third-order valence-electron chi connectivity index (χ3n) is 4.11. The highest BCUT2D eigenvalue weighted by molar-refractivity contribution is 7.92. The monoisotopic (exact) mass is 397 g/mol. The van der Waals surface area contributed by atoms with Gasteiger partial charge in [-0.1, -0.05) is 23.7 Å². The van der Waals surface area contributed by atoms with E-state index in [4.69, 9.17) is 11.6 Å². The van der Waals surface area contributed by atoms with Crippen molar-refractivity contribution >= 4 is 39.2 Å². The topological polar surface area (TPSA) is 122 Å². The first kappa shape index (κ1) is 18.2. The lowest BCUT2D eigenvalue weighted by molar-refractivity contribution is -0.123. The molecule has 1 saturated heterocycles. The number of aromatic nitrogens is 2. The fourth-order valence-corrected chi connectivity index (χ4v) is 4.56. The summed E-state index contributed by atoms with van der Waals surface area (Å²) in [5, 5.41) is 8.67. The minimum atomic E-state index is -3.99. The summed E-state index contributed by atoms with van der Waals surface area (Å²) in [4.78, 5) is 23.4. The molecule has 9 nitrogen and oxygen atoms in total. The number of aryl methyl sites for hydroxylation is 2. The number of hydrogen-bond acceptors (Lipinski definition) is 5. The largest absolute Gasteiger partial charge is 0.322 e. The predicted octanol–water partition coefficient (Wildman–Crippen LogP) is 1.24. The minimum absolute atomic E-state index is 0.0134. The van der Waals surface area contributed by atoms with E-state index in [0.29, 0.717) is 5.56 Å². The molecule has 0 radical (unpaired) electrons. The molecule has 0 spiro atoms. The molecule has 0 aliphatic carbocycles. The molecular formula is C15H16ClN5O4S. The predicted molar refractivity (Wildman–Crippen MR) is 94.2 cm³/mol. The van der Waals surface area contributed by atoms with Gasteiger partial charge in [0, 0.05) is 12.7 Å². The molecule has 11 heteroatoms. The van der Waals surface area contributed by atoms with Gasteiger partial charge in [-0.05, 0) is 31.5 Å². The molecule has 1 aliphatic rings. The molecule has 1 atom stereocenters. The van der Waals surface area contributed by atoms with Crippen molar-refractivity contribution in [1.82, 2.24) is 20.4 Å². The number of rotatable bonds is 4. The third kappa shape index (κ3) is 2.90. The van der Waals surface area contributed by atoms with Gasteiger partial charge in [0.1, 0.15) is 15.6 Å². The Bertz CT molecular complexity index is 1030. The van der Waals surface area contributed by atoms with Gasteiger partial charge in [0.2, 0.25) is 0 Å². The van der Waals surface area contributed by atoms with E-state index in [1.807, 2.05) is 0 Å². The van der Waals surface area contributed by atoms with E-state index in [0.717, 1.165) is 0 Å². The molecule has 1 fully saturated rings. The first-order chi connectivity index (χ1) is 12.0. The van der Waals surface area contributed by atoms with Crippen LogP contribution >= 0.6 is 11.6 Å². The molecule has 1 aromatic heterocycles. The normalized spacial score (nSPS) is 20.0. The zero-order valence-electron chi connectivity index (χ0n) is 14.1. The number of carbonyl (C=O) groups is 2. The fourth-order valence-electron chi connectivity index (χ4n) is 2.76. The van der Waals surface area contributed by atoms with Crippen LogP contribution in [0.4, 0.5) is 10.5 Å². The molecule has 1 aromatic carbocycles. The van der Waals surface area contributed by atoms with Crippen LogP contribution < -0.4 is 15.4 Å². The fraction of sp³-hybridized carbons (Fsp3) is 0.267. The van der Waals surface area contributed by atoms with Crippen LogP contribution in [0.1, 0.15) is 18.2 Å². The molecule has 0 saturated carbocycles. The third-order valence-corrected chi connectivity index (χ3v) is 6.18. The van der Waals surface area contributed by atoms with Crippen molar-refractivity contribution in [3.8, 4) is 0 Å². The van der Waals surface area contributed by atoms with Crippen molar-refractivity contribution in [1.29, 1.82) is 0 Å². The number of imide groups is 1. The number of hydrogen-bond donors (Lipinski definition) is 3. The van der Waals surface area contributed by atoms with E-state index in [1.165, 1.54) is 37.7 Å². The Kier molecular flexibility index (Phi) is 4.20. The summed E-state index contributed by atoms with van der Waals surface area (Å²) in [6.07, 6.45) is 0. The maximum atomic E-state index is 12.7. The molecule has 0 unspecified atom stereocenters. The van der Waals surface area contributed by atoms with Crippen molar-refractivity contribution in [2.75, 3.05) is 4.72 Å².